The Kier molecular flexibility index (Phi) is 11.0. The number of aliphatic carboxylic acids is 1. The van der Waals surface area contributed by atoms with Crippen LogP contribution in [0.3, 0.4) is 0 Å². The van der Waals surface area contributed by atoms with Gasteiger partial charge in [0.1, 0.15) is 25.6 Å². The Balaban J connectivity index is 1.99. The molecule has 1 rings (SSSR count). The molecule has 0 fully saturated rings. The quantitative estimate of drug-likeness (QED) is 0.488. The minimum Gasteiger partial charge on any atom is -0.492 e. The SMILES string of the molecule is Cc1ccc(OCCN(C)C(=O)COCCOCCOCC(=O)O)cc1. The minimum absolute atomic E-state index is 0.0279. The van der Waals surface area contributed by atoms with E-state index in [2.05, 4.69) is 0 Å². The lowest BCUT2D eigenvalue weighted by molar-refractivity contribution is -0.142. The maximum Gasteiger partial charge on any atom is 0.329 e. The van der Waals surface area contributed by atoms with Gasteiger partial charge in [-0.3, -0.25) is 4.79 Å². The molecule has 1 amide bonds. The molecule has 1 N–H and O–H groups in total. The van der Waals surface area contributed by atoms with Crippen molar-refractivity contribution in [2.45, 2.75) is 6.92 Å². The average molecular weight is 369 g/mol. The molecule has 0 aliphatic rings. The molecule has 0 radical (unpaired) electrons. The lowest BCUT2D eigenvalue weighted by Gasteiger charge is -2.17. The normalized spacial score (nSPS) is 10.5. The summed E-state index contributed by atoms with van der Waals surface area (Å²) in [6.07, 6.45) is 0. The molecule has 0 aliphatic heterocycles. The molecule has 0 bridgehead atoms. The first-order valence-electron chi connectivity index (χ1n) is 8.37. The predicted molar refractivity (Wildman–Crippen MR) is 94.4 cm³/mol. The van der Waals surface area contributed by atoms with Gasteiger partial charge in [-0.05, 0) is 19.1 Å². The molecule has 0 saturated heterocycles. The van der Waals surface area contributed by atoms with E-state index in [0.29, 0.717) is 19.8 Å². The van der Waals surface area contributed by atoms with Crippen molar-refractivity contribution in [3.63, 3.8) is 0 Å². The van der Waals surface area contributed by atoms with Crippen LogP contribution in [-0.4, -0.2) is 81.7 Å². The highest BCUT2D eigenvalue weighted by Crippen LogP contribution is 2.11. The number of carboxylic acid groups (broad SMARTS) is 1. The van der Waals surface area contributed by atoms with Crippen molar-refractivity contribution in [2.24, 2.45) is 0 Å². The van der Waals surface area contributed by atoms with E-state index < -0.39 is 5.97 Å². The van der Waals surface area contributed by atoms with Crippen molar-refractivity contribution in [3.05, 3.63) is 29.8 Å². The number of hydrogen-bond donors (Lipinski definition) is 1. The van der Waals surface area contributed by atoms with Crippen molar-refractivity contribution in [2.75, 3.05) is 59.8 Å². The van der Waals surface area contributed by atoms with Gasteiger partial charge < -0.3 is 29.0 Å². The van der Waals surface area contributed by atoms with Crippen LogP contribution in [0.1, 0.15) is 5.56 Å². The first-order chi connectivity index (χ1) is 12.5. The van der Waals surface area contributed by atoms with E-state index in [-0.39, 0.29) is 38.9 Å². The largest absolute Gasteiger partial charge is 0.492 e. The fourth-order valence-electron chi connectivity index (χ4n) is 1.83. The van der Waals surface area contributed by atoms with Crippen molar-refractivity contribution in [1.82, 2.24) is 4.90 Å². The zero-order valence-corrected chi connectivity index (χ0v) is 15.3. The van der Waals surface area contributed by atoms with Gasteiger partial charge >= 0.3 is 5.97 Å². The van der Waals surface area contributed by atoms with Crippen molar-refractivity contribution in [3.8, 4) is 5.75 Å². The number of aryl methyl sites for hydroxylation is 1. The second-order valence-corrected chi connectivity index (χ2v) is 5.59. The van der Waals surface area contributed by atoms with E-state index in [4.69, 9.17) is 24.1 Å². The minimum atomic E-state index is -1.01. The summed E-state index contributed by atoms with van der Waals surface area (Å²) < 4.78 is 20.8. The standard InChI is InChI=1S/C18H27NO7/c1-15-3-5-16(6-4-15)26-8-7-19(2)17(20)13-24-11-9-23-10-12-25-14-18(21)22/h3-6H,7-14H2,1-2H3,(H,21,22). The molecule has 8 heteroatoms. The topological polar surface area (TPSA) is 94.5 Å². The highest BCUT2D eigenvalue weighted by Gasteiger charge is 2.08. The molecule has 1 aromatic rings. The molecule has 0 saturated carbocycles. The molecule has 0 unspecified atom stereocenters. The molecule has 1 aromatic carbocycles. The smallest absolute Gasteiger partial charge is 0.329 e. The second kappa shape index (κ2) is 13.1. The predicted octanol–water partition coefficient (Wildman–Crippen LogP) is 0.967. The van der Waals surface area contributed by atoms with Gasteiger partial charge in [-0.15, -0.1) is 0 Å². The van der Waals surface area contributed by atoms with E-state index in [1.165, 1.54) is 5.56 Å². The maximum atomic E-state index is 11.9. The lowest BCUT2D eigenvalue weighted by Crippen LogP contribution is -2.34. The summed E-state index contributed by atoms with van der Waals surface area (Å²) in [5.41, 5.74) is 1.17. The Morgan fingerprint density at radius 2 is 1.50 bits per heavy atom. The Morgan fingerprint density at radius 3 is 2.12 bits per heavy atom. The van der Waals surface area contributed by atoms with E-state index in [1.807, 2.05) is 31.2 Å². The van der Waals surface area contributed by atoms with Crippen LogP contribution in [0, 0.1) is 6.92 Å². The van der Waals surface area contributed by atoms with Crippen molar-refractivity contribution < 1.29 is 33.6 Å². The van der Waals surface area contributed by atoms with Crippen LogP contribution in [-0.2, 0) is 23.8 Å². The summed E-state index contributed by atoms with van der Waals surface area (Å²) in [7, 11) is 1.69. The second-order valence-electron chi connectivity index (χ2n) is 5.59. The summed E-state index contributed by atoms with van der Waals surface area (Å²) in [5, 5.41) is 8.38. The third-order valence-electron chi connectivity index (χ3n) is 3.34. The molecule has 26 heavy (non-hydrogen) atoms. The Labute approximate surface area is 153 Å². The first kappa shape index (κ1) is 21.9. The number of hydrogen-bond acceptors (Lipinski definition) is 6. The highest BCUT2D eigenvalue weighted by atomic mass is 16.5. The summed E-state index contributed by atoms with van der Waals surface area (Å²) in [6, 6.07) is 7.73. The molecular weight excluding hydrogens is 342 g/mol. The molecule has 0 spiro atoms. The Hall–Kier alpha value is -2.16. The fraction of sp³-hybridized carbons (Fsp3) is 0.556. The third-order valence-corrected chi connectivity index (χ3v) is 3.34. The van der Waals surface area contributed by atoms with E-state index in [9.17, 15) is 9.59 Å². The number of carbonyl (C=O) groups is 2. The highest BCUT2D eigenvalue weighted by molar-refractivity contribution is 5.77. The molecular formula is C18H27NO7. The summed E-state index contributed by atoms with van der Waals surface area (Å²) in [6.45, 7) is 3.58. The number of likely N-dealkylation sites (N-methyl/N-ethyl adjacent to an activating group) is 1. The Bertz CT molecular complexity index is 533. The molecule has 146 valence electrons. The number of carboxylic acids is 1. The molecule has 8 nitrogen and oxygen atoms in total. The van der Waals surface area contributed by atoms with Gasteiger partial charge in [0, 0.05) is 7.05 Å². The van der Waals surface area contributed by atoms with Gasteiger partial charge in [0.15, 0.2) is 0 Å². The maximum absolute atomic E-state index is 11.9. The number of nitrogens with zero attached hydrogens (tertiary/aromatic N) is 1. The van der Waals surface area contributed by atoms with Crippen molar-refractivity contribution in [1.29, 1.82) is 0 Å². The number of carbonyl (C=O) groups excluding carboxylic acids is 1. The summed E-state index contributed by atoms with van der Waals surface area (Å²) in [5.74, 6) is -0.375. The van der Waals surface area contributed by atoms with Gasteiger partial charge in [-0.1, -0.05) is 17.7 Å². The van der Waals surface area contributed by atoms with Gasteiger partial charge in [0.2, 0.25) is 5.91 Å². The summed E-state index contributed by atoms with van der Waals surface area (Å²) >= 11 is 0. The van der Waals surface area contributed by atoms with Crippen LogP contribution < -0.4 is 4.74 Å². The van der Waals surface area contributed by atoms with Gasteiger partial charge in [0.25, 0.3) is 0 Å². The lowest BCUT2D eigenvalue weighted by atomic mass is 10.2. The van der Waals surface area contributed by atoms with Gasteiger partial charge in [0.05, 0.1) is 33.0 Å². The molecule has 0 heterocycles. The molecule has 0 aromatic heterocycles. The number of benzene rings is 1. The number of rotatable bonds is 14. The van der Waals surface area contributed by atoms with E-state index in [0.717, 1.165) is 5.75 Å². The number of amides is 1. The van der Waals surface area contributed by atoms with Crippen LogP contribution in [0.4, 0.5) is 0 Å². The van der Waals surface area contributed by atoms with Gasteiger partial charge in [-0.2, -0.15) is 0 Å². The van der Waals surface area contributed by atoms with E-state index >= 15 is 0 Å². The Morgan fingerprint density at radius 1 is 0.923 bits per heavy atom. The monoisotopic (exact) mass is 369 g/mol. The van der Waals surface area contributed by atoms with Crippen molar-refractivity contribution >= 4 is 11.9 Å². The van der Waals surface area contributed by atoms with Crippen LogP contribution in [0.25, 0.3) is 0 Å². The van der Waals surface area contributed by atoms with E-state index in [1.54, 1.807) is 11.9 Å². The molecule has 0 aliphatic carbocycles. The zero-order chi connectivity index (χ0) is 19.2. The van der Waals surface area contributed by atoms with Crippen LogP contribution >= 0.6 is 0 Å². The average Bonchev–Trinajstić information content (AvgIpc) is 2.61. The van der Waals surface area contributed by atoms with Crippen LogP contribution in [0.2, 0.25) is 0 Å². The van der Waals surface area contributed by atoms with Crippen LogP contribution in [0.15, 0.2) is 24.3 Å². The van der Waals surface area contributed by atoms with Gasteiger partial charge in [-0.25, -0.2) is 4.79 Å². The fourth-order valence-corrected chi connectivity index (χ4v) is 1.83. The first-order valence-corrected chi connectivity index (χ1v) is 8.37. The van der Waals surface area contributed by atoms with Crippen LogP contribution in [0.5, 0.6) is 5.75 Å². The zero-order valence-electron chi connectivity index (χ0n) is 15.3. The third kappa shape index (κ3) is 10.7. The summed E-state index contributed by atoms with van der Waals surface area (Å²) in [4.78, 5) is 23.7. The number of ether oxygens (including phenoxy) is 4. The molecule has 0 atom stereocenters.